The van der Waals surface area contributed by atoms with Gasteiger partial charge in [0.1, 0.15) is 5.75 Å². The molecule has 1 amide bonds. The number of thiocarbonyl (C=S) groups is 1. The van der Waals surface area contributed by atoms with Gasteiger partial charge < -0.3 is 14.8 Å². The molecule has 0 radical (unpaired) electrons. The third kappa shape index (κ3) is 4.12. The minimum Gasteiger partial charge on any atom is -0.497 e. The Morgan fingerprint density at radius 2 is 2.19 bits per heavy atom. The molecule has 0 saturated carbocycles. The maximum absolute atomic E-state index is 11.9. The molecule has 21 heavy (non-hydrogen) atoms. The fraction of sp³-hybridized carbons (Fsp3) is 0.375. The first-order valence-corrected chi connectivity index (χ1v) is 7.23. The van der Waals surface area contributed by atoms with E-state index >= 15 is 0 Å². The fourth-order valence-electron chi connectivity index (χ4n) is 2.35. The van der Waals surface area contributed by atoms with Crippen LogP contribution in [0.4, 0.5) is 0 Å². The van der Waals surface area contributed by atoms with Crippen LogP contribution in [-0.2, 0) is 9.53 Å². The summed E-state index contributed by atoms with van der Waals surface area (Å²) in [4.78, 5) is 12.5. The van der Waals surface area contributed by atoms with Crippen molar-refractivity contribution >= 4 is 28.7 Å². The van der Waals surface area contributed by atoms with Gasteiger partial charge >= 0.3 is 0 Å². The lowest BCUT2D eigenvalue weighted by atomic mass is 9.92. The molecule has 1 N–H and O–H groups in total. The van der Waals surface area contributed by atoms with Gasteiger partial charge in [-0.2, -0.15) is 0 Å². The van der Waals surface area contributed by atoms with E-state index in [4.69, 9.17) is 21.7 Å². The summed E-state index contributed by atoms with van der Waals surface area (Å²) in [5.41, 5.74) is 1.95. The number of ether oxygens (including phenoxy) is 2. The molecule has 1 unspecified atom stereocenters. The molecular formula is C16H19NO3S. The number of carbonyl (C=O) groups excluding carboxylic acids is 1. The van der Waals surface area contributed by atoms with Crippen LogP contribution in [0.3, 0.4) is 0 Å². The number of amides is 1. The largest absolute Gasteiger partial charge is 0.497 e. The van der Waals surface area contributed by atoms with E-state index in [9.17, 15) is 4.79 Å². The molecule has 5 heteroatoms. The summed E-state index contributed by atoms with van der Waals surface area (Å²) in [7, 11) is 3.29. The zero-order valence-corrected chi connectivity index (χ0v) is 13.0. The molecule has 0 aliphatic carbocycles. The molecule has 112 valence electrons. The number of methoxy groups -OCH3 is 2. The predicted octanol–water partition coefficient (Wildman–Crippen LogP) is 2.58. The van der Waals surface area contributed by atoms with Gasteiger partial charge in [0.05, 0.1) is 12.1 Å². The van der Waals surface area contributed by atoms with E-state index in [0.717, 1.165) is 23.3 Å². The summed E-state index contributed by atoms with van der Waals surface area (Å²) in [6.45, 7) is 0.617. The Morgan fingerprint density at radius 3 is 2.90 bits per heavy atom. The molecule has 0 aromatic heterocycles. The lowest BCUT2D eigenvalue weighted by Gasteiger charge is -2.17. The first-order valence-electron chi connectivity index (χ1n) is 6.82. The summed E-state index contributed by atoms with van der Waals surface area (Å²) in [6.07, 6.45) is 3.12. The van der Waals surface area contributed by atoms with Crippen LogP contribution in [0.25, 0.3) is 5.57 Å². The van der Waals surface area contributed by atoms with Gasteiger partial charge in [-0.3, -0.25) is 4.79 Å². The number of hydrogen-bond donors (Lipinski definition) is 1. The number of carbonyl (C=O) groups is 1. The van der Waals surface area contributed by atoms with Gasteiger partial charge in [0.25, 0.3) is 0 Å². The average molecular weight is 305 g/mol. The van der Waals surface area contributed by atoms with Crippen LogP contribution in [-0.4, -0.2) is 31.7 Å². The van der Waals surface area contributed by atoms with Crippen molar-refractivity contribution in [2.24, 2.45) is 5.92 Å². The van der Waals surface area contributed by atoms with E-state index in [1.165, 1.54) is 0 Å². The molecule has 1 aromatic rings. The highest BCUT2D eigenvalue weighted by atomic mass is 32.1. The van der Waals surface area contributed by atoms with Gasteiger partial charge in [0.15, 0.2) is 0 Å². The molecule has 2 rings (SSSR count). The summed E-state index contributed by atoms with van der Waals surface area (Å²) in [6, 6.07) is 7.71. The third-order valence-corrected chi connectivity index (χ3v) is 3.94. The van der Waals surface area contributed by atoms with Crippen LogP contribution >= 0.6 is 12.2 Å². The highest BCUT2D eigenvalue weighted by molar-refractivity contribution is 7.80. The van der Waals surface area contributed by atoms with E-state index in [1.807, 2.05) is 24.3 Å². The molecule has 1 heterocycles. The zero-order valence-electron chi connectivity index (χ0n) is 12.2. The normalized spacial score (nSPS) is 18.8. The second-order valence-electron chi connectivity index (χ2n) is 4.94. The summed E-state index contributed by atoms with van der Waals surface area (Å²) >= 11 is 5.31. The molecule has 1 aliphatic rings. The van der Waals surface area contributed by atoms with E-state index in [1.54, 1.807) is 20.3 Å². The van der Waals surface area contributed by atoms with Gasteiger partial charge in [0.2, 0.25) is 5.91 Å². The van der Waals surface area contributed by atoms with E-state index in [-0.39, 0.29) is 11.8 Å². The van der Waals surface area contributed by atoms with Crippen molar-refractivity contribution in [3.63, 3.8) is 0 Å². The minimum atomic E-state index is -0.169. The van der Waals surface area contributed by atoms with Gasteiger partial charge in [-0.15, -0.1) is 0 Å². The Morgan fingerprint density at radius 1 is 1.38 bits per heavy atom. The number of allylic oxidation sites excluding steroid dienone is 1. The Bertz CT molecular complexity index is 568. The number of hydrogen-bond acceptors (Lipinski definition) is 4. The summed E-state index contributed by atoms with van der Waals surface area (Å²) in [5, 5.41) is 2.76. The molecular weight excluding hydrogens is 286 g/mol. The number of benzene rings is 1. The van der Waals surface area contributed by atoms with E-state index < -0.39 is 0 Å². The average Bonchev–Trinajstić information content (AvgIpc) is 2.63. The SMILES string of the molecule is COCCC1CC(c2cccc(OC)c2)=CC(=O)NC1=S. The van der Waals surface area contributed by atoms with Crippen LogP contribution in [0.1, 0.15) is 18.4 Å². The molecule has 0 bridgehead atoms. The lowest BCUT2D eigenvalue weighted by molar-refractivity contribution is -0.115. The van der Waals surface area contributed by atoms with Crippen molar-refractivity contribution in [2.75, 3.05) is 20.8 Å². The van der Waals surface area contributed by atoms with Crippen LogP contribution in [0.2, 0.25) is 0 Å². The maximum atomic E-state index is 11.9. The second kappa shape index (κ2) is 7.33. The zero-order chi connectivity index (χ0) is 15.2. The van der Waals surface area contributed by atoms with Crippen LogP contribution in [0.15, 0.2) is 30.3 Å². The van der Waals surface area contributed by atoms with Crippen LogP contribution < -0.4 is 10.1 Å². The first-order chi connectivity index (χ1) is 10.1. The first kappa shape index (κ1) is 15.7. The molecule has 1 aromatic carbocycles. The van der Waals surface area contributed by atoms with Crippen molar-refractivity contribution < 1.29 is 14.3 Å². The second-order valence-corrected chi connectivity index (χ2v) is 5.38. The predicted molar refractivity (Wildman–Crippen MR) is 86.3 cm³/mol. The molecule has 0 saturated heterocycles. The van der Waals surface area contributed by atoms with Gasteiger partial charge in [-0.05, 0) is 36.1 Å². The third-order valence-electron chi connectivity index (χ3n) is 3.50. The molecule has 4 nitrogen and oxygen atoms in total. The summed E-state index contributed by atoms with van der Waals surface area (Å²) in [5.74, 6) is 0.704. The van der Waals surface area contributed by atoms with E-state index in [0.29, 0.717) is 18.0 Å². The Kier molecular flexibility index (Phi) is 5.47. The molecule has 0 spiro atoms. The number of rotatable bonds is 5. The van der Waals surface area contributed by atoms with Gasteiger partial charge in [-0.1, -0.05) is 24.4 Å². The van der Waals surface area contributed by atoms with Crippen molar-refractivity contribution in [3.05, 3.63) is 35.9 Å². The Labute approximate surface area is 130 Å². The molecule has 1 aliphatic heterocycles. The Hall–Kier alpha value is -1.72. The van der Waals surface area contributed by atoms with Gasteiger partial charge in [-0.25, -0.2) is 0 Å². The monoisotopic (exact) mass is 305 g/mol. The molecule has 0 fully saturated rings. The highest BCUT2D eigenvalue weighted by Gasteiger charge is 2.22. The minimum absolute atomic E-state index is 0.101. The standard InChI is InChI=1S/C16H19NO3S/c1-19-7-6-12-8-13(10-15(18)17-16(12)21)11-4-3-5-14(9-11)20-2/h3-5,9-10,12H,6-8H2,1-2H3,(H,17,18,21). The van der Waals surface area contributed by atoms with Gasteiger partial charge in [0, 0.05) is 25.7 Å². The topological polar surface area (TPSA) is 47.6 Å². The quantitative estimate of drug-likeness (QED) is 0.850. The van der Waals surface area contributed by atoms with Crippen LogP contribution in [0.5, 0.6) is 5.75 Å². The number of nitrogens with one attached hydrogen (secondary N) is 1. The van der Waals surface area contributed by atoms with Crippen molar-refractivity contribution in [3.8, 4) is 5.75 Å². The fourth-order valence-corrected chi connectivity index (χ4v) is 2.65. The summed E-state index contributed by atoms with van der Waals surface area (Å²) < 4.78 is 10.4. The van der Waals surface area contributed by atoms with E-state index in [2.05, 4.69) is 5.32 Å². The van der Waals surface area contributed by atoms with Crippen molar-refractivity contribution in [1.82, 2.24) is 5.32 Å². The van der Waals surface area contributed by atoms with Crippen LogP contribution in [0, 0.1) is 5.92 Å². The van der Waals surface area contributed by atoms with Crippen molar-refractivity contribution in [1.29, 1.82) is 0 Å². The maximum Gasteiger partial charge on any atom is 0.249 e. The molecule has 1 atom stereocenters. The lowest BCUT2D eigenvalue weighted by Crippen LogP contribution is -2.31. The highest BCUT2D eigenvalue weighted by Crippen LogP contribution is 2.29. The Balaban J connectivity index is 2.27. The van der Waals surface area contributed by atoms with Crippen molar-refractivity contribution in [2.45, 2.75) is 12.8 Å². The smallest absolute Gasteiger partial charge is 0.249 e.